The van der Waals surface area contributed by atoms with Crippen LogP contribution >= 0.6 is 11.3 Å². The van der Waals surface area contributed by atoms with Gasteiger partial charge in [0.2, 0.25) is 0 Å². The van der Waals surface area contributed by atoms with Crippen molar-refractivity contribution < 1.29 is 0 Å². The SMILES string of the molecule is CCCNC(c1ccc2cccnc2c1)c1cscc1C. The second kappa shape index (κ2) is 6.37. The fourth-order valence-corrected chi connectivity index (χ4v) is 3.50. The first-order valence-electron chi connectivity index (χ1n) is 7.40. The summed E-state index contributed by atoms with van der Waals surface area (Å²) in [5.41, 5.74) is 5.08. The molecule has 0 aliphatic carbocycles. The van der Waals surface area contributed by atoms with Crippen molar-refractivity contribution in [1.29, 1.82) is 0 Å². The van der Waals surface area contributed by atoms with Crippen molar-refractivity contribution in [1.82, 2.24) is 10.3 Å². The zero-order chi connectivity index (χ0) is 14.7. The van der Waals surface area contributed by atoms with Crippen LogP contribution in [0.25, 0.3) is 10.9 Å². The van der Waals surface area contributed by atoms with E-state index < -0.39 is 0 Å². The van der Waals surface area contributed by atoms with E-state index in [1.807, 2.05) is 12.3 Å². The highest BCUT2D eigenvalue weighted by Gasteiger charge is 2.16. The topological polar surface area (TPSA) is 24.9 Å². The monoisotopic (exact) mass is 296 g/mol. The summed E-state index contributed by atoms with van der Waals surface area (Å²) in [5.74, 6) is 0. The molecule has 2 aromatic heterocycles. The lowest BCUT2D eigenvalue weighted by Gasteiger charge is -2.20. The van der Waals surface area contributed by atoms with Crippen molar-refractivity contribution in [3.63, 3.8) is 0 Å². The van der Waals surface area contributed by atoms with Crippen molar-refractivity contribution in [2.24, 2.45) is 0 Å². The number of hydrogen-bond donors (Lipinski definition) is 1. The zero-order valence-electron chi connectivity index (χ0n) is 12.5. The van der Waals surface area contributed by atoms with E-state index >= 15 is 0 Å². The van der Waals surface area contributed by atoms with E-state index in [0.29, 0.717) is 0 Å². The first-order valence-corrected chi connectivity index (χ1v) is 8.34. The first-order chi connectivity index (χ1) is 10.3. The van der Waals surface area contributed by atoms with Gasteiger partial charge in [0.05, 0.1) is 11.6 Å². The second-order valence-electron chi connectivity index (χ2n) is 5.35. The third-order valence-corrected chi connectivity index (χ3v) is 4.65. The van der Waals surface area contributed by atoms with Crippen molar-refractivity contribution in [3.05, 3.63) is 64.0 Å². The Morgan fingerprint density at radius 3 is 2.90 bits per heavy atom. The van der Waals surface area contributed by atoms with Gasteiger partial charge in [0.25, 0.3) is 0 Å². The predicted molar refractivity (Wildman–Crippen MR) is 90.9 cm³/mol. The molecule has 0 saturated carbocycles. The third-order valence-electron chi connectivity index (χ3n) is 3.77. The lowest BCUT2D eigenvalue weighted by Crippen LogP contribution is -2.23. The summed E-state index contributed by atoms with van der Waals surface area (Å²) in [6.45, 7) is 5.40. The van der Waals surface area contributed by atoms with E-state index in [1.165, 1.54) is 22.1 Å². The molecule has 0 aliphatic rings. The van der Waals surface area contributed by atoms with Crippen LogP contribution in [0.3, 0.4) is 0 Å². The minimum Gasteiger partial charge on any atom is -0.306 e. The standard InChI is InChI=1S/C18H20N2S/c1-3-8-20-18(16-12-21-11-13(16)2)15-7-6-14-5-4-9-19-17(14)10-15/h4-7,9-12,18,20H,3,8H2,1-2H3. The fourth-order valence-electron chi connectivity index (χ4n) is 2.63. The van der Waals surface area contributed by atoms with Crippen LogP contribution in [0.15, 0.2) is 47.3 Å². The van der Waals surface area contributed by atoms with Crippen molar-refractivity contribution in [2.45, 2.75) is 26.3 Å². The van der Waals surface area contributed by atoms with Gasteiger partial charge in [0, 0.05) is 11.6 Å². The molecule has 2 heterocycles. The van der Waals surface area contributed by atoms with Crippen LogP contribution in [0.5, 0.6) is 0 Å². The van der Waals surface area contributed by atoms with Crippen molar-refractivity contribution in [2.75, 3.05) is 6.54 Å². The summed E-state index contributed by atoms with van der Waals surface area (Å²) in [5, 5.41) is 9.34. The number of thiophene rings is 1. The second-order valence-corrected chi connectivity index (χ2v) is 6.10. The Kier molecular flexibility index (Phi) is 4.32. The molecule has 3 rings (SSSR count). The van der Waals surface area contributed by atoms with Crippen LogP contribution in [0.1, 0.15) is 36.1 Å². The molecule has 0 spiro atoms. The average molecular weight is 296 g/mol. The molecule has 108 valence electrons. The molecule has 0 aliphatic heterocycles. The number of rotatable bonds is 5. The number of benzene rings is 1. The smallest absolute Gasteiger partial charge is 0.0705 e. The maximum Gasteiger partial charge on any atom is 0.0705 e. The summed E-state index contributed by atoms with van der Waals surface area (Å²) in [7, 11) is 0. The molecule has 3 aromatic rings. The normalized spacial score (nSPS) is 12.7. The number of nitrogens with one attached hydrogen (secondary N) is 1. The molecule has 1 N–H and O–H groups in total. The highest BCUT2D eigenvalue weighted by atomic mass is 32.1. The maximum absolute atomic E-state index is 4.48. The number of aryl methyl sites for hydroxylation is 1. The molecule has 1 unspecified atom stereocenters. The van der Waals surface area contributed by atoms with Gasteiger partial charge in [-0.3, -0.25) is 4.98 Å². The van der Waals surface area contributed by atoms with Gasteiger partial charge in [-0.05, 0) is 59.5 Å². The van der Waals surface area contributed by atoms with Crippen LogP contribution in [-0.2, 0) is 0 Å². The highest BCUT2D eigenvalue weighted by Crippen LogP contribution is 2.29. The summed E-state index contributed by atoms with van der Waals surface area (Å²) >= 11 is 1.77. The number of hydrogen-bond acceptors (Lipinski definition) is 3. The Bertz CT molecular complexity index is 733. The molecule has 0 saturated heterocycles. The first kappa shape index (κ1) is 14.2. The summed E-state index contributed by atoms with van der Waals surface area (Å²) in [6, 6.07) is 10.9. The molecule has 1 aromatic carbocycles. The van der Waals surface area contributed by atoms with Gasteiger partial charge in [0.1, 0.15) is 0 Å². The van der Waals surface area contributed by atoms with Crippen LogP contribution in [-0.4, -0.2) is 11.5 Å². The van der Waals surface area contributed by atoms with Crippen LogP contribution < -0.4 is 5.32 Å². The van der Waals surface area contributed by atoms with Crippen molar-refractivity contribution >= 4 is 22.2 Å². The largest absolute Gasteiger partial charge is 0.306 e. The molecule has 21 heavy (non-hydrogen) atoms. The van der Waals surface area contributed by atoms with E-state index in [9.17, 15) is 0 Å². The Labute approximate surface area is 129 Å². The maximum atomic E-state index is 4.48. The Balaban J connectivity index is 2.03. The molecule has 0 radical (unpaired) electrons. The molecule has 0 fully saturated rings. The van der Waals surface area contributed by atoms with Gasteiger partial charge in [-0.2, -0.15) is 11.3 Å². The van der Waals surface area contributed by atoms with Gasteiger partial charge in [-0.1, -0.05) is 25.1 Å². The molecule has 3 heteroatoms. The van der Waals surface area contributed by atoms with E-state index in [4.69, 9.17) is 0 Å². The summed E-state index contributed by atoms with van der Waals surface area (Å²) in [6.07, 6.45) is 2.99. The Morgan fingerprint density at radius 2 is 2.14 bits per heavy atom. The number of nitrogens with zero attached hydrogens (tertiary/aromatic N) is 1. The van der Waals surface area contributed by atoms with Gasteiger partial charge in [-0.15, -0.1) is 0 Å². The van der Waals surface area contributed by atoms with Crippen LogP contribution in [0.4, 0.5) is 0 Å². The van der Waals surface area contributed by atoms with Crippen LogP contribution in [0.2, 0.25) is 0 Å². The lowest BCUT2D eigenvalue weighted by atomic mass is 9.97. The zero-order valence-corrected chi connectivity index (χ0v) is 13.3. The molecule has 2 nitrogen and oxygen atoms in total. The Hall–Kier alpha value is -1.71. The number of pyridine rings is 1. The minimum absolute atomic E-state index is 0.252. The van der Waals surface area contributed by atoms with Gasteiger partial charge >= 0.3 is 0 Å². The number of aromatic nitrogens is 1. The third kappa shape index (κ3) is 2.99. The predicted octanol–water partition coefficient (Wildman–Crippen LogP) is 4.69. The quantitative estimate of drug-likeness (QED) is 0.738. The molecular formula is C18H20N2S. The van der Waals surface area contributed by atoms with Crippen molar-refractivity contribution in [3.8, 4) is 0 Å². The van der Waals surface area contributed by atoms with E-state index in [2.05, 4.69) is 59.2 Å². The Morgan fingerprint density at radius 1 is 1.24 bits per heavy atom. The van der Waals surface area contributed by atoms with Gasteiger partial charge < -0.3 is 5.32 Å². The van der Waals surface area contributed by atoms with E-state index in [-0.39, 0.29) is 6.04 Å². The average Bonchev–Trinajstić information content (AvgIpc) is 2.94. The molecule has 0 bridgehead atoms. The van der Waals surface area contributed by atoms with E-state index in [1.54, 1.807) is 11.3 Å². The number of fused-ring (bicyclic) bond motifs is 1. The lowest BCUT2D eigenvalue weighted by molar-refractivity contribution is 0.598. The minimum atomic E-state index is 0.252. The van der Waals surface area contributed by atoms with Gasteiger partial charge in [0.15, 0.2) is 0 Å². The molecule has 0 amide bonds. The van der Waals surface area contributed by atoms with E-state index in [0.717, 1.165) is 18.5 Å². The molecular weight excluding hydrogens is 276 g/mol. The molecule has 1 atom stereocenters. The fraction of sp³-hybridized carbons (Fsp3) is 0.278. The highest BCUT2D eigenvalue weighted by molar-refractivity contribution is 7.08. The van der Waals surface area contributed by atoms with Gasteiger partial charge in [-0.25, -0.2) is 0 Å². The summed E-state index contributed by atoms with van der Waals surface area (Å²) in [4.78, 5) is 4.48. The summed E-state index contributed by atoms with van der Waals surface area (Å²) < 4.78 is 0. The van der Waals surface area contributed by atoms with Crippen LogP contribution in [0, 0.1) is 6.92 Å².